The van der Waals surface area contributed by atoms with E-state index in [1.807, 2.05) is 66.7 Å². The van der Waals surface area contributed by atoms with Gasteiger partial charge in [0.2, 0.25) is 0 Å². The first-order valence-corrected chi connectivity index (χ1v) is 23.3. The Bertz CT molecular complexity index is 4100. The third-order valence-corrected chi connectivity index (χ3v) is 14.0. The van der Waals surface area contributed by atoms with Gasteiger partial charge in [-0.3, -0.25) is 0 Å². The van der Waals surface area contributed by atoms with Crippen LogP contribution < -0.4 is 0 Å². The highest BCUT2D eigenvalue weighted by Crippen LogP contribution is 2.58. The summed E-state index contributed by atoms with van der Waals surface area (Å²) in [5, 5.41) is 4.06. The predicted molar refractivity (Wildman–Crippen MR) is 279 cm³/mol. The zero-order chi connectivity index (χ0) is 45.5. The normalized spacial score (nSPS) is 12.8. The van der Waals surface area contributed by atoms with E-state index < -0.39 is 5.41 Å². The molecule has 0 N–H and O–H groups in total. The number of rotatable bonds is 7. The predicted octanol–water partition coefficient (Wildman–Crippen LogP) is 16.4. The van der Waals surface area contributed by atoms with Crippen molar-refractivity contribution in [3.8, 4) is 67.5 Å². The molecule has 0 bridgehead atoms. The van der Waals surface area contributed by atoms with Crippen LogP contribution in [-0.2, 0) is 5.41 Å². The minimum Gasteiger partial charge on any atom is -0.456 e. The van der Waals surface area contributed by atoms with E-state index in [0.717, 1.165) is 77.3 Å². The Kier molecular flexibility index (Phi) is 8.73. The van der Waals surface area contributed by atoms with Gasteiger partial charge in [-0.25, -0.2) is 15.0 Å². The molecular weight excluding hydrogens is 843 g/mol. The van der Waals surface area contributed by atoms with E-state index in [0.29, 0.717) is 17.5 Å². The number of hydrogen-bond acceptors (Lipinski definition) is 5. The lowest BCUT2D eigenvalue weighted by Gasteiger charge is -2.34. The van der Waals surface area contributed by atoms with E-state index in [-0.39, 0.29) is 0 Å². The molecule has 0 aliphatic heterocycles. The summed E-state index contributed by atoms with van der Waals surface area (Å²) in [6.45, 7) is 0. The molecule has 0 spiro atoms. The van der Waals surface area contributed by atoms with Crippen molar-refractivity contribution in [1.29, 1.82) is 0 Å². The third kappa shape index (κ3) is 6.07. The van der Waals surface area contributed by atoms with E-state index in [9.17, 15) is 0 Å². The molecule has 322 valence electrons. The van der Waals surface area contributed by atoms with Crippen LogP contribution in [0.25, 0.3) is 111 Å². The summed E-state index contributed by atoms with van der Waals surface area (Å²) in [4.78, 5) is 15.4. The van der Waals surface area contributed by atoms with Crippen molar-refractivity contribution >= 4 is 43.9 Å². The maximum absolute atomic E-state index is 6.60. The first kappa shape index (κ1) is 39.0. The van der Waals surface area contributed by atoms with Crippen molar-refractivity contribution in [1.82, 2.24) is 15.0 Å². The number of furan rings is 2. The van der Waals surface area contributed by atoms with Gasteiger partial charge < -0.3 is 8.83 Å². The van der Waals surface area contributed by atoms with Crippen molar-refractivity contribution in [2.24, 2.45) is 0 Å². The number of benzene rings is 10. The summed E-state index contributed by atoms with van der Waals surface area (Å²) in [5.41, 5.74) is 17.5. The van der Waals surface area contributed by atoms with Gasteiger partial charge in [0, 0.05) is 38.2 Å². The monoisotopic (exact) mass is 881 g/mol. The first-order valence-electron chi connectivity index (χ1n) is 23.3. The highest BCUT2D eigenvalue weighted by Gasteiger charge is 2.46. The molecule has 1 aliphatic carbocycles. The Morgan fingerprint density at radius 1 is 0.290 bits per heavy atom. The van der Waals surface area contributed by atoms with Crippen LogP contribution in [0, 0.1) is 0 Å². The fourth-order valence-corrected chi connectivity index (χ4v) is 11.0. The molecule has 69 heavy (non-hydrogen) atoms. The van der Waals surface area contributed by atoms with Gasteiger partial charge in [0.1, 0.15) is 22.3 Å². The van der Waals surface area contributed by atoms with Crippen LogP contribution in [0.2, 0.25) is 0 Å². The number of aromatic nitrogens is 3. The van der Waals surface area contributed by atoms with Gasteiger partial charge in [-0.1, -0.05) is 194 Å². The van der Waals surface area contributed by atoms with Crippen LogP contribution in [0.1, 0.15) is 22.3 Å². The van der Waals surface area contributed by atoms with E-state index in [4.69, 9.17) is 23.8 Å². The van der Waals surface area contributed by atoms with E-state index >= 15 is 0 Å². The summed E-state index contributed by atoms with van der Waals surface area (Å²) in [7, 11) is 0. The lowest BCUT2D eigenvalue weighted by Crippen LogP contribution is -2.28. The second-order valence-corrected chi connectivity index (χ2v) is 17.8. The molecule has 1 aliphatic rings. The number of fused-ring (bicyclic) bond motifs is 9. The quantitative estimate of drug-likeness (QED) is 0.160. The van der Waals surface area contributed by atoms with Gasteiger partial charge >= 0.3 is 0 Å². The van der Waals surface area contributed by atoms with Gasteiger partial charge in [-0.15, -0.1) is 0 Å². The Hall–Kier alpha value is -9.19. The number of para-hydroxylation sites is 1. The molecule has 5 heteroatoms. The van der Waals surface area contributed by atoms with Crippen molar-refractivity contribution in [2.75, 3.05) is 0 Å². The van der Waals surface area contributed by atoms with Gasteiger partial charge in [0.05, 0.1) is 5.41 Å². The standard InChI is InChI=1S/C64H39N3O2/c1-4-17-40(18-5-1)61-65-62(44-33-35-49-48-25-11-13-31-55(48)69-58(49)39-44)67-63(66-61)51-28-16-32-57-60(51)52-38-42(34-36-56(52)68-57)41-19-14-20-43(37-41)47-27-15-30-54-59(47)50-26-10-12-29-53(50)64(54,45-21-6-2-7-22-45)46-23-8-3-9-24-46/h1-39H. The fraction of sp³-hybridized carbons (Fsp3) is 0.0156. The van der Waals surface area contributed by atoms with Crippen molar-refractivity contribution in [3.05, 3.63) is 259 Å². The van der Waals surface area contributed by atoms with Gasteiger partial charge in [0.15, 0.2) is 17.5 Å². The van der Waals surface area contributed by atoms with Gasteiger partial charge in [-0.05, 0) is 98.1 Å². The molecule has 3 heterocycles. The molecule has 0 radical (unpaired) electrons. The molecule has 0 unspecified atom stereocenters. The number of hydrogen-bond donors (Lipinski definition) is 0. The van der Waals surface area contributed by atoms with Crippen molar-refractivity contribution in [2.45, 2.75) is 5.41 Å². The average molecular weight is 882 g/mol. The third-order valence-electron chi connectivity index (χ3n) is 14.0. The molecule has 0 atom stereocenters. The minimum absolute atomic E-state index is 0.476. The van der Waals surface area contributed by atoms with Crippen LogP contribution in [0.5, 0.6) is 0 Å². The Morgan fingerprint density at radius 2 is 0.826 bits per heavy atom. The minimum atomic E-state index is -0.476. The molecule has 10 aromatic carbocycles. The second-order valence-electron chi connectivity index (χ2n) is 17.8. The molecule has 14 rings (SSSR count). The second kappa shape index (κ2) is 15.4. The molecule has 3 aromatic heterocycles. The maximum Gasteiger partial charge on any atom is 0.164 e. The smallest absolute Gasteiger partial charge is 0.164 e. The van der Waals surface area contributed by atoms with Crippen LogP contribution in [0.3, 0.4) is 0 Å². The Balaban J connectivity index is 0.913. The largest absolute Gasteiger partial charge is 0.456 e. The molecule has 0 saturated carbocycles. The maximum atomic E-state index is 6.60. The zero-order valence-corrected chi connectivity index (χ0v) is 37.2. The Labute approximate surface area is 397 Å². The summed E-state index contributed by atoms with van der Waals surface area (Å²) in [6.07, 6.45) is 0. The molecule has 0 amide bonds. The summed E-state index contributed by atoms with van der Waals surface area (Å²) in [6, 6.07) is 83.7. The van der Waals surface area contributed by atoms with Crippen LogP contribution >= 0.6 is 0 Å². The summed E-state index contributed by atoms with van der Waals surface area (Å²) in [5.74, 6) is 1.70. The highest BCUT2D eigenvalue weighted by molar-refractivity contribution is 6.13. The SMILES string of the molecule is c1ccc(-c2nc(-c3ccc4c(c3)oc3ccccc34)nc(-c3cccc4oc5ccc(-c6cccc(-c7cccc8c7-c7ccccc7C8(c7ccccc7)c7ccccc7)c6)cc5c34)n2)cc1. The average Bonchev–Trinajstić information content (AvgIpc) is 4.09. The summed E-state index contributed by atoms with van der Waals surface area (Å²) >= 11 is 0. The van der Waals surface area contributed by atoms with Gasteiger partial charge in [-0.2, -0.15) is 0 Å². The van der Waals surface area contributed by atoms with E-state index in [1.165, 1.54) is 38.9 Å². The molecular formula is C64H39N3O2. The van der Waals surface area contributed by atoms with Crippen LogP contribution in [0.15, 0.2) is 245 Å². The van der Waals surface area contributed by atoms with Gasteiger partial charge in [0.25, 0.3) is 0 Å². The van der Waals surface area contributed by atoms with Crippen LogP contribution in [-0.4, -0.2) is 15.0 Å². The lowest BCUT2D eigenvalue weighted by molar-refractivity contribution is 0.668. The molecule has 5 nitrogen and oxygen atoms in total. The topological polar surface area (TPSA) is 65.0 Å². The van der Waals surface area contributed by atoms with Crippen molar-refractivity contribution in [3.63, 3.8) is 0 Å². The number of nitrogens with zero attached hydrogens (tertiary/aromatic N) is 3. The Morgan fingerprint density at radius 3 is 1.65 bits per heavy atom. The molecule has 0 fully saturated rings. The lowest BCUT2D eigenvalue weighted by atomic mass is 9.67. The zero-order valence-electron chi connectivity index (χ0n) is 37.2. The molecule has 0 saturated heterocycles. The molecule has 13 aromatic rings. The van der Waals surface area contributed by atoms with E-state index in [1.54, 1.807) is 0 Å². The highest BCUT2D eigenvalue weighted by atomic mass is 16.3. The fourth-order valence-electron chi connectivity index (χ4n) is 11.0. The van der Waals surface area contributed by atoms with Crippen molar-refractivity contribution < 1.29 is 8.83 Å². The first-order chi connectivity index (χ1) is 34.2. The summed E-state index contributed by atoms with van der Waals surface area (Å²) < 4.78 is 12.9. The van der Waals surface area contributed by atoms with E-state index in [2.05, 4.69) is 170 Å². The van der Waals surface area contributed by atoms with Crippen LogP contribution in [0.4, 0.5) is 0 Å².